The molecule has 0 radical (unpaired) electrons. The van der Waals surface area contributed by atoms with Crippen LogP contribution >= 0.6 is 11.6 Å². The van der Waals surface area contributed by atoms with E-state index < -0.39 is 0 Å². The Labute approximate surface area is 181 Å². The van der Waals surface area contributed by atoms with Crippen LogP contribution in [0.4, 0.5) is 5.82 Å². The van der Waals surface area contributed by atoms with E-state index in [1.165, 1.54) is 24.1 Å². The van der Waals surface area contributed by atoms with Crippen LogP contribution in [0.2, 0.25) is 5.02 Å². The van der Waals surface area contributed by atoms with Gasteiger partial charge in [0.25, 0.3) is 0 Å². The Morgan fingerprint density at radius 1 is 0.933 bits per heavy atom. The summed E-state index contributed by atoms with van der Waals surface area (Å²) < 4.78 is 2.33. The molecule has 0 N–H and O–H groups in total. The molecule has 2 aliphatic heterocycles. The standard InChI is InChI=1S/C23H25ClN6/c24-18-4-7-20-17(13-18)14-29(19-5-6-19)15-22-26-27-23(30(20)22)16-8-11-28(12-9-16)21-3-1-2-10-25-21/h1-4,7,10,13,16,19H,5-6,8-9,11-12,14-15H2. The van der Waals surface area contributed by atoms with Crippen molar-refractivity contribution in [3.05, 3.63) is 64.8 Å². The van der Waals surface area contributed by atoms with Gasteiger partial charge in [0.2, 0.25) is 0 Å². The normalized spacial score (nSPS) is 20.0. The summed E-state index contributed by atoms with van der Waals surface area (Å²) in [7, 11) is 0. The first-order valence-corrected chi connectivity index (χ1v) is 11.3. The summed E-state index contributed by atoms with van der Waals surface area (Å²) in [6.45, 7) is 3.77. The zero-order valence-corrected chi connectivity index (χ0v) is 17.7. The Bertz CT molecular complexity index is 1050. The summed E-state index contributed by atoms with van der Waals surface area (Å²) in [6, 6.07) is 13.0. The summed E-state index contributed by atoms with van der Waals surface area (Å²) in [5.41, 5.74) is 2.48. The molecule has 154 valence electrons. The number of rotatable bonds is 3. The van der Waals surface area contributed by atoms with E-state index in [9.17, 15) is 0 Å². The van der Waals surface area contributed by atoms with Gasteiger partial charge in [0.15, 0.2) is 5.82 Å². The highest BCUT2D eigenvalue weighted by Gasteiger charge is 2.35. The lowest BCUT2D eigenvalue weighted by molar-refractivity contribution is 0.243. The van der Waals surface area contributed by atoms with Gasteiger partial charge in [-0.3, -0.25) is 9.47 Å². The summed E-state index contributed by atoms with van der Waals surface area (Å²) in [5, 5.41) is 10.2. The Kier molecular flexibility index (Phi) is 4.50. The van der Waals surface area contributed by atoms with E-state index in [2.05, 4.69) is 48.7 Å². The largest absolute Gasteiger partial charge is 0.357 e. The van der Waals surface area contributed by atoms with Crippen LogP contribution in [0.15, 0.2) is 42.6 Å². The molecule has 30 heavy (non-hydrogen) atoms. The molecule has 6 rings (SSSR count). The minimum Gasteiger partial charge on any atom is -0.357 e. The minimum absolute atomic E-state index is 0.405. The number of hydrogen-bond donors (Lipinski definition) is 0. The van der Waals surface area contributed by atoms with Crippen molar-refractivity contribution < 1.29 is 0 Å². The highest BCUT2D eigenvalue weighted by molar-refractivity contribution is 6.30. The fourth-order valence-electron chi connectivity index (χ4n) is 4.92. The van der Waals surface area contributed by atoms with Crippen molar-refractivity contribution in [2.24, 2.45) is 0 Å². The van der Waals surface area contributed by atoms with Gasteiger partial charge >= 0.3 is 0 Å². The van der Waals surface area contributed by atoms with Gasteiger partial charge in [-0.15, -0.1) is 10.2 Å². The maximum atomic E-state index is 6.37. The predicted molar refractivity (Wildman–Crippen MR) is 117 cm³/mol. The van der Waals surface area contributed by atoms with Crippen LogP contribution in [-0.4, -0.2) is 43.8 Å². The molecule has 0 unspecified atom stereocenters. The summed E-state index contributed by atoms with van der Waals surface area (Å²) >= 11 is 6.37. The zero-order valence-electron chi connectivity index (χ0n) is 16.9. The van der Waals surface area contributed by atoms with Gasteiger partial charge in [0, 0.05) is 42.8 Å². The van der Waals surface area contributed by atoms with Gasteiger partial charge in [-0.05, 0) is 61.6 Å². The molecule has 0 bridgehead atoms. The highest BCUT2D eigenvalue weighted by atomic mass is 35.5. The zero-order chi connectivity index (χ0) is 20.1. The predicted octanol–water partition coefficient (Wildman–Crippen LogP) is 4.18. The van der Waals surface area contributed by atoms with Crippen molar-refractivity contribution in [2.75, 3.05) is 18.0 Å². The Morgan fingerprint density at radius 3 is 2.57 bits per heavy atom. The first-order chi connectivity index (χ1) is 14.8. The molecule has 6 nitrogen and oxygen atoms in total. The second kappa shape index (κ2) is 7.36. The quantitative estimate of drug-likeness (QED) is 0.636. The van der Waals surface area contributed by atoms with E-state index in [4.69, 9.17) is 16.7 Å². The van der Waals surface area contributed by atoms with Crippen LogP contribution in [0.3, 0.4) is 0 Å². The molecule has 2 aromatic heterocycles. The Morgan fingerprint density at radius 2 is 1.80 bits per heavy atom. The van der Waals surface area contributed by atoms with Crippen molar-refractivity contribution in [2.45, 2.75) is 50.7 Å². The molecule has 0 spiro atoms. The highest BCUT2D eigenvalue weighted by Crippen LogP contribution is 2.37. The van der Waals surface area contributed by atoms with E-state index in [1.54, 1.807) is 0 Å². The fraction of sp³-hybridized carbons (Fsp3) is 0.435. The molecule has 7 heteroatoms. The van der Waals surface area contributed by atoms with E-state index >= 15 is 0 Å². The Hall–Kier alpha value is -2.44. The molecule has 0 amide bonds. The lowest BCUT2D eigenvalue weighted by Crippen LogP contribution is -2.34. The van der Waals surface area contributed by atoms with E-state index in [-0.39, 0.29) is 0 Å². The maximum absolute atomic E-state index is 6.37. The molecule has 1 aliphatic carbocycles. The number of pyridine rings is 1. The van der Waals surface area contributed by atoms with E-state index in [0.29, 0.717) is 12.0 Å². The third-order valence-electron chi connectivity index (χ3n) is 6.65. The first kappa shape index (κ1) is 18.3. The molecule has 1 saturated heterocycles. The van der Waals surface area contributed by atoms with Crippen molar-refractivity contribution in [3.8, 4) is 5.69 Å². The van der Waals surface area contributed by atoms with Crippen LogP contribution in [0.1, 0.15) is 48.8 Å². The monoisotopic (exact) mass is 420 g/mol. The first-order valence-electron chi connectivity index (χ1n) is 10.9. The molecule has 1 aromatic carbocycles. The smallest absolute Gasteiger partial charge is 0.151 e. The fourth-order valence-corrected chi connectivity index (χ4v) is 5.12. The third kappa shape index (κ3) is 3.28. The molecule has 4 heterocycles. The number of aromatic nitrogens is 4. The van der Waals surface area contributed by atoms with Gasteiger partial charge < -0.3 is 4.90 Å². The number of fused-ring (bicyclic) bond motifs is 3. The van der Waals surface area contributed by atoms with Gasteiger partial charge in [-0.25, -0.2) is 4.98 Å². The second-order valence-corrected chi connectivity index (χ2v) is 9.10. The van der Waals surface area contributed by atoms with Crippen LogP contribution in [0, 0.1) is 0 Å². The minimum atomic E-state index is 0.405. The van der Waals surface area contributed by atoms with Crippen LogP contribution < -0.4 is 4.90 Å². The van der Waals surface area contributed by atoms with Crippen molar-refractivity contribution in [1.29, 1.82) is 0 Å². The van der Waals surface area contributed by atoms with Crippen molar-refractivity contribution >= 4 is 17.4 Å². The second-order valence-electron chi connectivity index (χ2n) is 8.67. The number of nitrogens with zero attached hydrogens (tertiary/aromatic N) is 6. The lowest BCUT2D eigenvalue weighted by atomic mass is 9.95. The van der Waals surface area contributed by atoms with Crippen LogP contribution in [0.5, 0.6) is 0 Å². The number of piperidine rings is 1. The van der Waals surface area contributed by atoms with Gasteiger partial charge in [-0.2, -0.15) is 0 Å². The molecule has 3 aromatic rings. The molecular formula is C23H25ClN6. The van der Waals surface area contributed by atoms with Crippen LogP contribution in [0.25, 0.3) is 5.69 Å². The van der Waals surface area contributed by atoms with E-state index in [0.717, 1.165) is 61.5 Å². The summed E-state index contributed by atoms with van der Waals surface area (Å²) in [6.07, 6.45) is 6.55. The molecular weight excluding hydrogens is 396 g/mol. The Balaban J connectivity index is 1.32. The summed E-state index contributed by atoms with van der Waals surface area (Å²) in [4.78, 5) is 9.43. The topological polar surface area (TPSA) is 50.1 Å². The molecule has 2 fully saturated rings. The number of benzene rings is 1. The van der Waals surface area contributed by atoms with Crippen molar-refractivity contribution in [3.63, 3.8) is 0 Å². The average Bonchev–Trinajstić information content (AvgIpc) is 3.57. The SMILES string of the molecule is Clc1ccc2c(c1)CN(C1CC1)Cc1nnc(C3CCN(c4ccccn4)CC3)n1-2. The summed E-state index contributed by atoms with van der Waals surface area (Å²) in [5.74, 6) is 3.63. The molecule has 1 saturated carbocycles. The van der Waals surface area contributed by atoms with Gasteiger partial charge in [0.05, 0.1) is 12.2 Å². The van der Waals surface area contributed by atoms with Gasteiger partial charge in [-0.1, -0.05) is 17.7 Å². The van der Waals surface area contributed by atoms with Crippen LogP contribution in [-0.2, 0) is 13.1 Å². The number of hydrogen-bond acceptors (Lipinski definition) is 5. The number of anilines is 1. The maximum Gasteiger partial charge on any atom is 0.151 e. The van der Waals surface area contributed by atoms with Crippen molar-refractivity contribution in [1.82, 2.24) is 24.6 Å². The number of halogens is 1. The third-order valence-corrected chi connectivity index (χ3v) is 6.89. The lowest BCUT2D eigenvalue weighted by Gasteiger charge is -2.32. The van der Waals surface area contributed by atoms with E-state index in [1.807, 2.05) is 18.3 Å². The molecule has 0 atom stereocenters. The molecule has 3 aliphatic rings. The van der Waals surface area contributed by atoms with Gasteiger partial charge in [0.1, 0.15) is 11.6 Å². The average molecular weight is 421 g/mol.